The first-order valence-corrected chi connectivity index (χ1v) is 6.09. The van der Waals surface area contributed by atoms with E-state index in [1.807, 2.05) is 25.1 Å². The number of aliphatic hydroxyl groups is 1. The number of aromatic nitrogens is 3. The highest BCUT2D eigenvalue weighted by atomic mass is 79.9. The third-order valence-electron chi connectivity index (χ3n) is 2.61. The second kappa shape index (κ2) is 4.23. The van der Waals surface area contributed by atoms with Crippen LogP contribution >= 0.6 is 15.9 Å². The predicted molar refractivity (Wildman–Crippen MR) is 69.0 cm³/mol. The second-order valence-corrected chi connectivity index (χ2v) is 5.35. The summed E-state index contributed by atoms with van der Waals surface area (Å²) >= 11 is 3.48. The molecule has 0 radical (unpaired) electrons. The number of hydrogen-bond donors (Lipinski definition) is 1. The summed E-state index contributed by atoms with van der Waals surface area (Å²) in [6.07, 6.45) is 1.74. The highest BCUT2D eigenvalue weighted by molar-refractivity contribution is 9.10. The summed E-state index contributed by atoms with van der Waals surface area (Å²) in [6, 6.07) is 5.88. The van der Waals surface area contributed by atoms with Crippen molar-refractivity contribution in [2.75, 3.05) is 0 Å². The van der Waals surface area contributed by atoms with Crippen LogP contribution in [0.1, 0.15) is 25.1 Å². The minimum atomic E-state index is -0.974. The Hall–Kier alpha value is -1.20. The molecule has 4 nitrogen and oxygen atoms in total. The van der Waals surface area contributed by atoms with E-state index in [2.05, 4.69) is 26.2 Å². The van der Waals surface area contributed by atoms with E-state index in [0.29, 0.717) is 5.69 Å². The van der Waals surface area contributed by atoms with Crippen LogP contribution in [0.25, 0.3) is 5.69 Å². The van der Waals surface area contributed by atoms with Gasteiger partial charge in [0.2, 0.25) is 0 Å². The summed E-state index contributed by atoms with van der Waals surface area (Å²) in [5, 5.41) is 17.9. The predicted octanol–water partition coefficient (Wildman–Crippen LogP) is 2.57. The molecule has 0 atom stereocenters. The Morgan fingerprint density at radius 3 is 2.65 bits per heavy atom. The number of hydrogen-bond acceptors (Lipinski definition) is 3. The molecule has 5 heteroatoms. The molecule has 1 heterocycles. The molecule has 0 spiro atoms. The van der Waals surface area contributed by atoms with Crippen molar-refractivity contribution in [2.24, 2.45) is 0 Å². The summed E-state index contributed by atoms with van der Waals surface area (Å²) in [7, 11) is 0. The Bertz CT molecular complexity index is 543. The minimum absolute atomic E-state index is 0.553. The summed E-state index contributed by atoms with van der Waals surface area (Å²) in [5.41, 5.74) is 1.61. The summed E-state index contributed by atoms with van der Waals surface area (Å²) in [4.78, 5) is 0. The normalized spacial score (nSPS) is 11.8. The molecule has 0 fully saturated rings. The van der Waals surface area contributed by atoms with Crippen LogP contribution in [-0.2, 0) is 5.60 Å². The van der Waals surface area contributed by atoms with E-state index in [4.69, 9.17) is 0 Å². The maximum absolute atomic E-state index is 9.85. The Morgan fingerprint density at radius 1 is 1.35 bits per heavy atom. The molecule has 0 aliphatic rings. The van der Waals surface area contributed by atoms with Gasteiger partial charge in [-0.3, -0.25) is 0 Å². The maximum atomic E-state index is 9.85. The van der Waals surface area contributed by atoms with Gasteiger partial charge in [-0.2, -0.15) is 0 Å². The van der Waals surface area contributed by atoms with Gasteiger partial charge in [-0.05, 0) is 38.5 Å². The number of halogens is 1. The molecule has 1 N–H and O–H groups in total. The van der Waals surface area contributed by atoms with Crippen molar-refractivity contribution in [3.63, 3.8) is 0 Å². The van der Waals surface area contributed by atoms with Crippen molar-refractivity contribution >= 4 is 15.9 Å². The molecule has 1 aromatic carbocycles. The molecule has 0 amide bonds. The summed E-state index contributed by atoms with van der Waals surface area (Å²) < 4.78 is 2.70. The maximum Gasteiger partial charge on any atom is 0.114 e. The molecule has 0 aliphatic heterocycles. The van der Waals surface area contributed by atoms with Gasteiger partial charge in [-0.1, -0.05) is 27.2 Å². The Balaban J connectivity index is 2.48. The fourth-order valence-electron chi connectivity index (χ4n) is 1.51. The highest BCUT2D eigenvalue weighted by Gasteiger charge is 2.20. The van der Waals surface area contributed by atoms with E-state index in [-0.39, 0.29) is 0 Å². The van der Waals surface area contributed by atoms with Gasteiger partial charge in [-0.25, -0.2) is 4.68 Å². The van der Waals surface area contributed by atoms with Crippen molar-refractivity contribution in [1.82, 2.24) is 15.0 Å². The van der Waals surface area contributed by atoms with E-state index in [1.165, 1.54) is 0 Å². The number of rotatable bonds is 2. The summed E-state index contributed by atoms with van der Waals surface area (Å²) in [6.45, 7) is 5.38. The van der Waals surface area contributed by atoms with E-state index >= 15 is 0 Å². The molecule has 0 bridgehead atoms. The first-order valence-electron chi connectivity index (χ1n) is 5.30. The van der Waals surface area contributed by atoms with Gasteiger partial charge < -0.3 is 5.11 Å². The van der Waals surface area contributed by atoms with Gasteiger partial charge in [-0.15, -0.1) is 5.10 Å². The van der Waals surface area contributed by atoms with Crippen molar-refractivity contribution in [2.45, 2.75) is 26.4 Å². The second-order valence-electron chi connectivity index (χ2n) is 4.49. The molecule has 0 saturated heterocycles. The first-order chi connectivity index (χ1) is 7.89. The van der Waals surface area contributed by atoms with Crippen LogP contribution in [0.5, 0.6) is 0 Å². The zero-order chi connectivity index (χ0) is 12.6. The van der Waals surface area contributed by atoms with E-state index in [0.717, 1.165) is 15.7 Å². The molecule has 0 unspecified atom stereocenters. The van der Waals surface area contributed by atoms with Crippen LogP contribution in [-0.4, -0.2) is 20.1 Å². The molecule has 90 valence electrons. The molecule has 0 aliphatic carbocycles. The minimum Gasteiger partial charge on any atom is -0.384 e. The lowest BCUT2D eigenvalue weighted by molar-refractivity contribution is 0.0737. The zero-order valence-corrected chi connectivity index (χ0v) is 11.6. The lowest BCUT2D eigenvalue weighted by atomic mass is 10.1. The van der Waals surface area contributed by atoms with Gasteiger partial charge in [0.1, 0.15) is 11.3 Å². The van der Waals surface area contributed by atoms with Crippen LogP contribution in [0.2, 0.25) is 0 Å². The van der Waals surface area contributed by atoms with Crippen LogP contribution in [0, 0.1) is 6.92 Å². The van der Waals surface area contributed by atoms with Gasteiger partial charge in [0.05, 0.1) is 11.9 Å². The number of nitrogens with zero attached hydrogens (tertiary/aromatic N) is 3. The van der Waals surface area contributed by atoms with Gasteiger partial charge in [0.15, 0.2) is 0 Å². The third kappa shape index (κ3) is 2.40. The average Bonchev–Trinajstić information content (AvgIpc) is 2.70. The largest absolute Gasteiger partial charge is 0.384 e. The number of benzene rings is 1. The monoisotopic (exact) mass is 295 g/mol. The van der Waals surface area contributed by atoms with Crippen LogP contribution < -0.4 is 0 Å². The van der Waals surface area contributed by atoms with E-state index in [9.17, 15) is 5.11 Å². The molecule has 17 heavy (non-hydrogen) atoms. The van der Waals surface area contributed by atoms with Crippen molar-refractivity contribution < 1.29 is 5.11 Å². The van der Waals surface area contributed by atoms with Crippen LogP contribution in [0.3, 0.4) is 0 Å². The molecule has 2 aromatic rings. The average molecular weight is 296 g/mol. The molecule has 1 aromatic heterocycles. The topological polar surface area (TPSA) is 50.9 Å². The fourth-order valence-corrected chi connectivity index (χ4v) is 1.86. The standard InChI is InChI=1S/C12H14BrN3O/c1-8-9(13)5-4-6-10(8)16-7-11(14-15-16)12(2,3)17/h4-7,17H,1-3H3. The van der Waals surface area contributed by atoms with Crippen molar-refractivity contribution in [3.8, 4) is 5.69 Å². The first kappa shape index (κ1) is 12.3. The lowest BCUT2D eigenvalue weighted by Gasteiger charge is -2.12. The molecular weight excluding hydrogens is 282 g/mol. The fraction of sp³-hybridized carbons (Fsp3) is 0.333. The molecular formula is C12H14BrN3O. The van der Waals surface area contributed by atoms with Gasteiger partial charge >= 0.3 is 0 Å². The zero-order valence-electron chi connectivity index (χ0n) is 9.98. The quantitative estimate of drug-likeness (QED) is 0.926. The highest BCUT2D eigenvalue weighted by Crippen LogP contribution is 2.23. The van der Waals surface area contributed by atoms with Crippen LogP contribution in [0.15, 0.2) is 28.9 Å². The Labute approximate surface area is 108 Å². The van der Waals surface area contributed by atoms with Crippen molar-refractivity contribution in [3.05, 3.63) is 40.1 Å². The summed E-state index contributed by atoms with van der Waals surface area (Å²) in [5.74, 6) is 0. The molecule has 2 rings (SSSR count). The lowest BCUT2D eigenvalue weighted by Crippen LogP contribution is -2.15. The van der Waals surface area contributed by atoms with E-state index < -0.39 is 5.60 Å². The van der Waals surface area contributed by atoms with Crippen molar-refractivity contribution in [1.29, 1.82) is 0 Å². The van der Waals surface area contributed by atoms with Gasteiger partial charge in [0, 0.05) is 4.47 Å². The Kier molecular flexibility index (Phi) is 3.05. The Morgan fingerprint density at radius 2 is 2.06 bits per heavy atom. The third-order valence-corrected chi connectivity index (χ3v) is 3.47. The molecule has 0 saturated carbocycles. The van der Waals surface area contributed by atoms with Crippen LogP contribution in [0.4, 0.5) is 0 Å². The van der Waals surface area contributed by atoms with Gasteiger partial charge in [0.25, 0.3) is 0 Å². The SMILES string of the molecule is Cc1c(Br)cccc1-n1cc(C(C)(C)O)nn1. The smallest absolute Gasteiger partial charge is 0.114 e. The van der Waals surface area contributed by atoms with E-state index in [1.54, 1.807) is 24.7 Å².